The molecule has 0 aliphatic heterocycles. The maximum Gasteiger partial charge on any atom is 0.230 e. The van der Waals surface area contributed by atoms with Crippen LogP contribution in [0, 0.1) is 5.41 Å². The summed E-state index contributed by atoms with van der Waals surface area (Å²) in [6.07, 6.45) is 0.783. The lowest BCUT2D eigenvalue weighted by molar-refractivity contribution is -0.123. The topological polar surface area (TPSA) is 38.3 Å². The van der Waals surface area contributed by atoms with Gasteiger partial charge in [-0.25, -0.2) is 0 Å². The SMILES string of the molecule is CC(C)Oc1ccc(NC(=O)C(C)(C)Cc2ccccc2)c2ccccc12. The third kappa shape index (κ3) is 4.48. The standard InChI is InChI=1S/C24H27NO2/c1-17(2)27-22-15-14-21(19-12-8-9-13-20(19)22)25-23(26)24(3,4)16-18-10-6-5-7-11-18/h5-15,17H,16H2,1-4H3,(H,25,26). The first-order valence-corrected chi connectivity index (χ1v) is 9.40. The molecule has 27 heavy (non-hydrogen) atoms. The summed E-state index contributed by atoms with van der Waals surface area (Å²) in [6, 6.07) is 22.0. The van der Waals surface area contributed by atoms with Crippen molar-refractivity contribution in [1.82, 2.24) is 0 Å². The van der Waals surface area contributed by atoms with Gasteiger partial charge in [0.15, 0.2) is 0 Å². The predicted molar refractivity (Wildman–Crippen MR) is 112 cm³/mol. The molecular formula is C24H27NO2. The molecule has 0 radical (unpaired) electrons. The molecule has 0 saturated heterocycles. The summed E-state index contributed by atoms with van der Waals surface area (Å²) in [5.41, 5.74) is 1.45. The summed E-state index contributed by atoms with van der Waals surface area (Å²) < 4.78 is 5.92. The lowest BCUT2D eigenvalue weighted by Gasteiger charge is -2.24. The van der Waals surface area contributed by atoms with Crippen molar-refractivity contribution in [3.63, 3.8) is 0 Å². The number of hydrogen-bond acceptors (Lipinski definition) is 2. The van der Waals surface area contributed by atoms with E-state index in [1.54, 1.807) is 0 Å². The molecule has 3 aromatic carbocycles. The highest BCUT2D eigenvalue weighted by atomic mass is 16.5. The van der Waals surface area contributed by atoms with Crippen LogP contribution >= 0.6 is 0 Å². The number of fused-ring (bicyclic) bond motifs is 1. The molecule has 0 atom stereocenters. The van der Waals surface area contributed by atoms with Crippen molar-refractivity contribution in [2.24, 2.45) is 5.41 Å². The van der Waals surface area contributed by atoms with Gasteiger partial charge in [-0.1, -0.05) is 68.4 Å². The monoisotopic (exact) mass is 361 g/mol. The Balaban J connectivity index is 1.86. The van der Waals surface area contributed by atoms with Crippen molar-refractivity contribution in [3.05, 3.63) is 72.3 Å². The largest absolute Gasteiger partial charge is 0.490 e. The minimum Gasteiger partial charge on any atom is -0.490 e. The number of carbonyl (C=O) groups excluding carboxylic acids is 1. The van der Waals surface area contributed by atoms with Crippen LogP contribution in [0.15, 0.2) is 66.7 Å². The van der Waals surface area contributed by atoms with E-state index < -0.39 is 5.41 Å². The minimum atomic E-state index is -0.518. The van der Waals surface area contributed by atoms with E-state index >= 15 is 0 Å². The minimum absolute atomic E-state index is 0.00836. The van der Waals surface area contributed by atoms with Crippen LogP contribution in [-0.4, -0.2) is 12.0 Å². The van der Waals surface area contributed by atoms with Gasteiger partial charge in [-0.3, -0.25) is 4.79 Å². The Morgan fingerprint density at radius 3 is 2.22 bits per heavy atom. The number of rotatable bonds is 6. The lowest BCUT2D eigenvalue weighted by atomic mass is 9.84. The first kappa shape index (κ1) is 19.0. The molecule has 0 unspecified atom stereocenters. The summed E-state index contributed by atoms with van der Waals surface area (Å²) in [5.74, 6) is 0.844. The highest BCUT2D eigenvalue weighted by molar-refractivity contribution is 6.05. The first-order chi connectivity index (χ1) is 12.9. The highest BCUT2D eigenvalue weighted by Crippen LogP contribution is 2.33. The molecule has 0 heterocycles. The van der Waals surface area contributed by atoms with Crippen LogP contribution < -0.4 is 10.1 Å². The van der Waals surface area contributed by atoms with Crippen molar-refractivity contribution >= 4 is 22.4 Å². The summed E-state index contributed by atoms with van der Waals surface area (Å²) in [4.78, 5) is 13.0. The molecule has 0 fully saturated rings. The molecule has 1 N–H and O–H groups in total. The second-order valence-electron chi connectivity index (χ2n) is 7.82. The fraction of sp³-hybridized carbons (Fsp3) is 0.292. The van der Waals surface area contributed by atoms with E-state index in [1.165, 1.54) is 0 Å². The average Bonchev–Trinajstić information content (AvgIpc) is 2.64. The van der Waals surface area contributed by atoms with Gasteiger partial charge in [-0.15, -0.1) is 0 Å². The molecule has 3 nitrogen and oxygen atoms in total. The molecular weight excluding hydrogens is 334 g/mol. The number of amides is 1. The second-order valence-corrected chi connectivity index (χ2v) is 7.82. The number of nitrogens with one attached hydrogen (secondary N) is 1. The molecule has 140 valence electrons. The third-order valence-corrected chi connectivity index (χ3v) is 4.60. The molecule has 0 bridgehead atoms. The van der Waals surface area contributed by atoms with Gasteiger partial charge in [0.25, 0.3) is 0 Å². The number of hydrogen-bond donors (Lipinski definition) is 1. The normalized spacial score (nSPS) is 11.6. The number of anilines is 1. The Bertz CT molecular complexity index is 930. The number of ether oxygens (including phenoxy) is 1. The zero-order valence-corrected chi connectivity index (χ0v) is 16.5. The van der Waals surface area contributed by atoms with E-state index in [0.717, 1.165) is 27.8 Å². The first-order valence-electron chi connectivity index (χ1n) is 9.40. The van der Waals surface area contributed by atoms with E-state index in [1.807, 2.05) is 82.3 Å². The Kier molecular flexibility index (Phi) is 5.50. The lowest BCUT2D eigenvalue weighted by Crippen LogP contribution is -2.32. The molecule has 0 aliphatic rings. The predicted octanol–water partition coefficient (Wildman–Crippen LogP) is 5.83. The van der Waals surface area contributed by atoms with Crippen molar-refractivity contribution in [3.8, 4) is 5.75 Å². The van der Waals surface area contributed by atoms with Crippen LogP contribution in [0.3, 0.4) is 0 Å². The van der Waals surface area contributed by atoms with Gasteiger partial charge in [-0.2, -0.15) is 0 Å². The summed E-state index contributed by atoms with van der Waals surface area (Å²) >= 11 is 0. The summed E-state index contributed by atoms with van der Waals surface area (Å²) in [7, 11) is 0. The fourth-order valence-electron chi connectivity index (χ4n) is 3.22. The van der Waals surface area contributed by atoms with Crippen LogP contribution in [-0.2, 0) is 11.2 Å². The summed E-state index contributed by atoms with van der Waals surface area (Å²) in [6.45, 7) is 7.98. The van der Waals surface area contributed by atoms with Crippen LogP contribution in [0.4, 0.5) is 5.69 Å². The Labute approximate surface area is 161 Å². The van der Waals surface area contributed by atoms with Gasteiger partial charge in [-0.05, 0) is 38.0 Å². The number of benzene rings is 3. The van der Waals surface area contributed by atoms with Crippen LogP contribution in [0.25, 0.3) is 10.8 Å². The molecule has 0 saturated carbocycles. The zero-order chi connectivity index (χ0) is 19.4. The zero-order valence-electron chi connectivity index (χ0n) is 16.5. The molecule has 0 aliphatic carbocycles. The van der Waals surface area contributed by atoms with Gasteiger partial charge in [0.1, 0.15) is 5.75 Å². The maximum atomic E-state index is 13.0. The van der Waals surface area contributed by atoms with Gasteiger partial charge in [0, 0.05) is 21.9 Å². The van der Waals surface area contributed by atoms with Gasteiger partial charge in [0.05, 0.1) is 6.10 Å². The van der Waals surface area contributed by atoms with Gasteiger partial charge in [0.2, 0.25) is 5.91 Å². The highest BCUT2D eigenvalue weighted by Gasteiger charge is 2.28. The molecule has 0 aromatic heterocycles. The van der Waals surface area contributed by atoms with E-state index in [-0.39, 0.29) is 12.0 Å². The maximum absolute atomic E-state index is 13.0. The molecule has 3 heteroatoms. The molecule has 3 aromatic rings. The van der Waals surface area contributed by atoms with Crippen LogP contribution in [0.2, 0.25) is 0 Å². The molecule has 0 spiro atoms. The molecule has 1 amide bonds. The average molecular weight is 361 g/mol. The van der Waals surface area contributed by atoms with Gasteiger partial charge < -0.3 is 10.1 Å². The molecule has 3 rings (SSSR count). The quantitative estimate of drug-likeness (QED) is 0.599. The van der Waals surface area contributed by atoms with Crippen molar-refractivity contribution in [2.45, 2.75) is 40.2 Å². The Morgan fingerprint density at radius 2 is 1.56 bits per heavy atom. The second kappa shape index (κ2) is 7.83. The summed E-state index contributed by atoms with van der Waals surface area (Å²) in [5, 5.41) is 5.12. The fourth-order valence-corrected chi connectivity index (χ4v) is 3.22. The van der Waals surface area contributed by atoms with Crippen LogP contribution in [0.1, 0.15) is 33.3 Å². The van der Waals surface area contributed by atoms with Gasteiger partial charge >= 0.3 is 0 Å². The van der Waals surface area contributed by atoms with Crippen LogP contribution in [0.5, 0.6) is 5.75 Å². The van der Waals surface area contributed by atoms with Crippen molar-refractivity contribution in [2.75, 3.05) is 5.32 Å². The van der Waals surface area contributed by atoms with Crippen molar-refractivity contribution < 1.29 is 9.53 Å². The van der Waals surface area contributed by atoms with E-state index in [0.29, 0.717) is 6.42 Å². The number of carbonyl (C=O) groups is 1. The Hall–Kier alpha value is -2.81. The van der Waals surface area contributed by atoms with E-state index in [4.69, 9.17) is 4.74 Å². The Morgan fingerprint density at radius 1 is 0.926 bits per heavy atom. The van der Waals surface area contributed by atoms with Crippen molar-refractivity contribution in [1.29, 1.82) is 0 Å². The van der Waals surface area contributed by atoms with E-state index in [9.17, 15) is 4.79 Å². The third-order valence-electron chi connectivity index (χ3n) is 4.60. The smallest absolute Gasteiger partial charge is 0.230 e. The van der Waals surface area contributed by atoms with E-state index in [2.05, 4.69) is 17.4 Å².